The van der Waals surface area contributed by atoms with Gasteiger partial charge in [-0.15, -0.1) is 0 Å². The van der Waals surface area contributed by atoms with Gasteiger partial charge in [0.25, 0.3) is 11.8 Å². The average Bonchev–Trinajstić information content (AvgIpc) is 2.98. The van der Waals surface area contributed by atoms with E-state index in [9.17, 15) is 14.4 Å². The summed E-state index contributed by atoms with van der Waals surface area (Å²) in [6.07, 6.45) is 1.23. The molecule has 0 aliphatic carbocycles. The van der Waals surface area contributed by atoms with Gasteiger partial charge in [0.2, 0.25) is 0 Å². The first-order valence-electron chi connectivity index (χ1n) is 10.4. The van der Waals surface area contributed by atoms with E-state index in [0.717, 1.165) is 28.0 Å². The van der Waals surface area contributed by atoms with Gasteiger partial charge in [-0.3, -0.25) is 19.3 Å². The maximum Gasteiger partial charge on any atom is 0.306 e. The molecular weight excluding hydrogens is 378 g/mol. The number of esters is 1. The highest BCUT2D eigenvalue weighted by molar-refractivity contribution is 6.23. The van der Waals surface area contributed by atoms with E-state index in [1.54, 1.807) is 19.1 Å². The zero-order chi connectivity index (χ0) is 21.4. The fourth-order valence-corrected chi connectivity index (χ4v) is 3.87. The SMILES string of the molecule is CC[C@H](C)CC(=O)OC[C@H](C)N1C(=O)c2cc3cc4ccccc4cc3cc2C1=O. The third-order valence-corrected chi connectivity index (χ3v) is 5.88. The second-order valence-electron chi connectivity index (χ2n) is 8.17. The Labute approximate surface area is 175 Å². The van der Waals surface area contributed by atoms with Gasteiger partial charge in [-0.05, 0) is 58.7 Å². The molecule has 154 valence electrons. The topological polar surface area (TPSA) is 63.7 Å². The van der Waals surface area contributed by atoms with Crippen LogP contribution in [0.2, 0.25) is 0 Å². The van der Waals surface area contributed by atoms with Crippen LogP contribution in [0.4, 0.5) is 0 Å². The molecule has 2 atom stereocenters. The number of amides is 2. The Morgan fingerprint density at radius 1 is 0.900 bits per heavy atom. The van der Waals surface area contributed by atoms with E-state index in [1.165, 1.54) is 4.90 Å². The minimum Gasteiger partial charge on any atom is -0.463 e. The van der Waals surface area contributed by atoms with Gasteiger partial charge in [0.05, 0.1) is 17.2 Å². The molecule has 0 N–H and O–H groups in total. The van der Waals surface area contributed by atoms with Crippen molar-refractivity contribution in [2.24, 2.45) is 5.92 Å². The molecule has 0 fully saturated rings. The number of carbonyl (C=O) groups is 3. The lowest BCUT2D eigenvalue weighted by Crippen LogP contribution is -2.41. The Morgan fingerprint density at radius 2 is 1.43 bits per heavy atom. The maximum atomic E-state index is 13.0. The number of carbonyl (C=O) groups excluding carboxylic acids is 3. The molecule has 3 aromatic rings. The van der Waals surface area contributed by atoms with E-state index in [4.69, 9.17) is 4.74 Å². The number of benzene rings is 3. The Balaban J connectivity index is 1.58. The number of rotatable bonds is 6. The number of fused-ring (bicyclic) bond motifs is 3. The molecule has 3 aromatic carbocycles. The van der Waals surface area contributed by atoms with Crippen molar-refractivity contribution < 1.29 is 19.1 Å². The van der Waals surface area contributed by atoms with E-state index in [2.05, 4.69) is 0 Å². The molecule has 1 aliphatic rings. The van der Waals surface area contributed by atoms with Crippen LogP contribution in [-0.2, 0) is 9.53 Å². The van der Waals surface area contributed by atoms with Crippen molar-refractivity contribution in [3.05, 3.63) is 59.7 Å². The third-order valence-electron chi connectivity index (χ3n) is 5.88. The maximum absolute atomic E-state index is 13.0. The van der Waals surface area contributed by atoms with Gasteiger partial charge >= 0.3 is 5.97 Å². The molecule has 0 spiro atoms. The van der Waals surface area contributed by atoms with Crippen LogP contribution in [0.5, 0.6) is 0 Å². The summed E-state index contributed by atoms with van der Waals surface area (Å²) in [5.74, 6) is -0.730. The second kappa shape index (κ2) is 7.90. The Morgan fingerprint density at radius 3 is 1.93 bits per heavy atom. The summed E-state index contributed by atoms with van der Waals surface area (Å²) in [5, 5.41) is 4.01. The number of hydrogen-bond acceptors (Lipinski definition) is 4. The summed E-state index contributed by atoms with van der Waals surface area (Å²) in [5.41, 5.74) is 0.807. The lowest BCUT2D eigenvalue weighted by molar-refractivity contribution is -0.145. The van der Waals surface area contributed by atoms with Crippen LogP contribution >= 0.6 is 0 Å². The molecule has 1 heterocycles. The van der Waals surface area contributed by atoms with Crippen LogP contribution in [0, 0.1) is 5.92 Å². The van der Waals surface area contributed by atoms with Crippen LogP contribution in [0.1, 0.15) is 54.3 Å². The van der Waals surface area contributed by atoms with Crippen molar-refractivity contribution >= 4 is 39.3 Å². The Hall–Kier alpha value is -3.21. The van der Waals surface area contributed by atoms with E-state index in [0.29, 0.717) is 17.5 Å². The monoisotopic (exact) mass is 403 g/mol. The van der Waals surface area contributed by atoms with Gasteiger partial charge in [-0.25, -0.2) is 0 Å². The zero-order valence-corrected chi connectivity index (χ0v) is 17.5. The van der Waals surface area contributed by atoms with Crippen LogP contribution in [0.15, 0.2) is 48.5 Å². The van der Waals surface area contributed by atoms with Gasteiger partial charge in [0, 0.05) is 6.42 Å². The van der Waals surface area contributed by atoms with Crippen molar-refractivity contribution in [2.45, 2.75) is 39.7 Å². The summed E-state index contributed by atoms with van der Waals surface area (Å²) in [7, 11) is 0. The molecule has 5 nitrogen and oxygen atoms in total. The highest BCUT2D eigenvalue weighted by Gasteiger charge is 2.39. The first kappa shape index (κ1) is 20.1. The predicted octanol–water partition coefficient (Wildman–Crippen LogP) is 4.96. The summed E-state index contributed by atoms with van der Waals surface area (Å²) >= 11 is 0. The van der Waals surface area contributed by atoms with Crippen molar-refractivity contribution in [3.63, 3.8) is 0 Å². The first-order chi connectivity index (χ1) is 14.4. The van der Waals surface area contributed by atoms with Crippen LogP contribution in [0.25, 0.3) is 21.5 Å². The zero-order valence-electron chi connectivity index (χ0n) is 17.5. The van der Waals surface area contributed by atoms with Gasteiger partial charge < -0.3 is 4.74 Å². The van der Waals surface area contributed by atoms with E-state index in [-0.39, 0.29) is 30.3 Å². The lowest BCUT2D eigenvalue weighted by Gasteiger charge is -2.22. The molecule has 2 amide bonds. The fraction of sp³-hybridized carbons (Fsp3) is 0.320. The summed E-state index contributed by atoms with van der Waals surface area (Å²) < 4.78 is 5.33. The standard InChI is InChI=1S/C25H25NO4/c1-4-15(2)9-23(27)30-14-16(3)26-24(28)21-12-19-10-17-7-5-6-8-18(17)11-20(19)13-22(21)25(26)29/h5-8,10-13,15-16H,4,9,14H2,1-3H3/t15-,16-/m0/s1. The average molecular weight is 403 g/mol. The predicted molar refractivity (Wildman–Crippen MR) is 116 cm³/mol. The molecule has 0 aromatic heterocycles. The van der Waals surface area contributed by atoms with Crippen LogP contribution in [0.3, 0.4) is 0 Å². The smallest absolute Gasteiger partial charge is 0.306 e. The van der Waals surface area contributed by atoms with Gasteiger partial charge in [0.15, 0.2) is 0 Å². The molecule has 0 radical (unpaired) electrons. The number of imide groups is 1. The first-order valence-corrected chi connectivity index (χ1v) is 10.4. The summed E-state index contributed by atoms with van der Waals surface area (Å²) in [6.45, 7) is 5.74. The van der Waals surface area contributed by atoms with E-state index >= 15 is 0 Å². The molecule has 4 rings (SSSR count). The van der Waals surface area contributed by atoms with Gasteiger partial charge in [-0.1, -0.05) is 44.5 Å². The van der Waals surface area contributed by atoms with Crippen molar-refractivity contribution in [1.82, 2.24) is 4.90 Å². The largest absolute Gasteiger partial charge is 0.463 e. The minimum absolute atomic E-state index is 0.00411. The number of nitrogens with zero attached hydrogens (tertiary/aromatic N) is 1. The summed E-state index contributed by atoms with van der Waals surface area (Å²) in [4.78, 5) is 39.2. The number of hydrogen-bond donors (Lipinski definition) is 0. The van der Waals surface area contributed by atoms with Crippen molar-refractivity contribution in [2.75, 3.05) is 6.61 Å². The van der Waals surface area contributed by atoms with E-state index in [1.807, 2.05) is 50.2 Å². The molecule has 30 heavy (non-hydrogen) atoms. The normalized spacial score (nSPS) is 15.5. The molecule has 0 unspecified atom stereocenters. The molecular formula is C25H25NO4. The highest BCUT2D eigenvalue weighted by Crippen LogP contribution is 2.31. The fourth-order valence-electron chi connectivity index (χ4n) is 3.87. The molecule has 1 aliphatic heterocycles. The third kappa shape index (κ3) is 3.56. The van der Waals surface area contributed by atoms with Crippen LogP contribution < -0.4 is 0 Å². The second-order valence-corrected chi connectivity index (χ2v) is 8.17. The van der Waals surface area contributed by atoms with E-state index < -0.39 is 6.04 Å². The highest BCUT2D eigenvalue weighted by atomic mass is 16.5. The molecule has 0 bridgehead atoms. The lowest BCUT2D eigenvalue weighted by atomic mass is 9.99. The van der Waals surface area contributed by atoms with Crippen molar-refractivity contribution in [1.29, 1.82) is 0 Å². The summed E-state index contributed by atoms with van der Waals surface area (Å²) in [6, 6.07) is 15.1. The molecule has 0 saturated carbocycles. The van der Waals surface area contributed by atoms with Gasteiger partial charge in [-0.2, -0.15) is 0 Å². The molecule has 0 saturated heterocycles. The Kier molecular flexibility index (Phi) is 5.29. The minimum atomic E-state index is -0.527. The van der Waals surface area contributed by atoms with Crippen molar-refractivity contribution in [3.8, 4) is 0 Å². The number of ether oxygens (including phenoxy) is 1. The quantitative estimate of drug-likeness (QED) is 0.332. The van der Waals surface area contributed by atoms with Crippen LogP contribution in [-0.4, -0.2) is 35.3 Å². The molecule has 5 heteroatoms. The Bertz CT molecular complexity index is 1090. The van der Waals surface area contributed by atoms with Gasteiger partial charge in [0.1, 0.15) is 6.61 Å².